The van der Waals surface area contributed by atoms with Crippen LogP contribution in [0.2, 0.25) is 0 Å². The van der Waals surface area contributed by atoms with E-state index in [2.05, 4.69) is 15.9 Å². The summed E-state index contributed by atoms with van der Waals surface area (Å²) in [6.07, 6.45) is 7.67. The second-order valence-electron chi connectivity index (χ2n) is 7.74. The monoisotopic (exact) mass is 352 g/mol. The molecule has 3 heteroatoms. The fourth-order valence-corrected chi connectivity index (χ4v) is 6.12. The molecule has 0 aromatic heterocycles. The van der Waals surface area contributed by atoms with Crippen molar-refractivity contribution in [2.75, 3.05) is 0 Å². The molecule has 1 atom stereocenters. The van der Waals surface area contributed by atoms with Crippen LogP contribution in [0.3, 0.4) is 0 Å². The van der Waals surface area contributed by atoms with E-state index in [-0.39, 0.29) is 11.2 Å². The molecular formula is C18H22BrFO. The Balaban J connectivity index is 1.57. The summed E-state index contributed by atoms with van der Waals surface area (Å²) in [7, 11) is 0. The van der Waals surface area contributed by atoms with Crippen molar-refractivity contribution in [2.45, 2.75) is 51.0 Å². The van der Waals surface area contributed by atoms with E-state index in [1.54, 1.807) is 6.07 Å². The Kier molecular flexibility index (Phi) is 3.42. The molecule has 1 aromatic rings. The third kappa shape index (κ3) is 2.46. The molecule has 4 aliphatic rings. The summed E-state index contributed by atoms with van der Waals surface area (Å²) >= 11 is 3.40. The Morgan fingerprint density at radius 3 is 2.29 bits per heavy atom. The summed E-state index contributed by atoms with van der Waals surface area (Å²) in [6.45, 7) is 0. The van der Waals surface area contributed by atoms with E-state index in [1.807, 2.05) is 6.07 Å². The van der Waals surface area contributed by atoms with Crippen LogP contribution in [0.1, 0.15) is 44.1 Å². The minimum Gasteiger partial charge on any atom is -0.392 e. The molecule has 0 radical (unpaired) electrons. The van der Waals surface area contributed by atoms with Crippen molar-refractivity contribution in [3.8, 4) is 0 Å². The van der Waals surface area contributed by atoms with Crippen molar-refractivity contribution in [1.29, 1.82) is 0 Å². The SMILES string of the molecule is OC(Cc1cc(Br)ccc1F)C12CC3CC(CC(C3)C1)C2. The first-order chi connectivity index (χ1) is 10.0. The molecule has 4 fully saturated rings. The van der Waals surface area contributed by atoms with E-state index in [0.29, 0.717) is 12.0 Å². The Labute approximate surface area is 134 Å². The topological polar surface area (TPSA) is 20.2 Å². The molecule has 1 unspecified atom stereocenters. The molecule has 0 heterocycles. The zero-order valence-electron chi connectivity index (χ0n) is 12.2. The minimum absolute atomic E-state index is 0.0729. The van der Waals surface area contributed by atoms with Crippen LogP contribution in [0.5, 0.6) is 0 Å². The number of aliphatic hydroxyl groups is 1. The van der Waals surface area contributed by atoms with Crippen molar-refractivity contribution in [1.82, 2.24) is 0 Å². The smallest absolute Gasteiger partial charge is 0.126 e. The highest BCUT2D eigenvalue weighted by Gasteiger charge is 2.53. The molecule has 0 amide bonds. The van der Waals surface area contributed by atoms with Crippen molar-refractivity contribution >= 4 is 15.9 Å². The number of benzene rings is 1. The lowest BCUT2D eigenvalue weighted by Crippen LogP contribution is -2.52. The quantitative estimate of drug-likeness (QED) is 0.835. The predicted octanol–water partition coefficient (Wildman–Crippen LogP) is 4.71. The summed E-state index contributed by atoms with van der Waals surface area (Å²) < 4.78 is 14.9. The molecule has 0 aliphatic heterocycles. The summed E-state index contributed by atoms with van der Waals surface area (Å²) in [6, 6.07) is 5.03. The standard InChI is InChI=1S/C18H22BrFO/c19-15-1-2-16(20)14(6-15)7-17(21)18-8-11-3-12(9-18)5-13(4-11)10-18/h1-2,6,11-13,17,21H,3-5,7-10H2. The fraction of sp³-hybridized carbons (Fsp3) is 0.667. The van der Waals surface area contributed by atoms with Gasteiger partial charge in [0.05, 0.1) is 6.10 Å². The Hall–Kier alpha value is -0.410. The molecule has 4 saturated carbocycles. The second-order valence-corrected chi connectivity index (χ2v) is 8.65. The molecule has 4 bridgehead atoms. The highest BCUT2D eigenvalue weighted by Crippen LogP contribution is 2.61. The molecule has 0 saturated heterocycles. The average molecular weight is 353 g/mol. The zero-order chi connectivity index (χ0) is 14.6. The molecule has 4 aliphatic carbocycles. The molecular weight excluding hydrogens is 331 g/mol. The first-order valence-corrected chi connectivity index (χ1v) is 8.95. The van der Waals surface area contributed by atoms with Crippen LogP contribution < -0.4 is 0 Å². The second kappa shape index (κ2) is 5.06. The van der Waals surface area contributed by atoms with Gasteiger partial charge >= 0.3 is 0 Å². The fourth-order valence-electron chi connectivity index (χ4n) is 5.71. The van der Waals surface area contributed by atoms with Gasteiger partial charge in [0.1, 0.15) is 5.82 Å². The van der Waals surface area contributed by atoms with Crippen molar-refractivity contribution in [3.63, 3.8) is 0 Å². The highest BCUT2D eigenvalue weighted by atomic mass is 79.9. The first-order valence-electron chi connectivity index (χ1n) is 8.16. The number of aliphatic hydroxyl groups excluding tert-OH is 1. The summed E-state index contributed by atoms with van der Waals surface area (Å²) in [4.78, 5) is 0. The van der Waals surface area contributed by atoms with Crippen LogP contribution in [0, 0.1) is 29.0 Å². The lowest BCUT2D eigenvalue weighted by molar-refractivity contribution is -0.119. The van der Waals surface area contributed by atoms with Gasteiger partial charge < -0.3 is 5.11 Å². The first kappa shape index (κ1) is 14.2. The maximum absolute atomic E-state index is 14.0. The van der Waals surface area contributed by atoms with Gasteiger partial charge in [-0.25, -0.2) is 4.39 Å². The van der Waals surface area contributed by atoms with Crippen LogP contribution >= 0.6 is 15.9 Å². The van der Waals surface area contributed by atoms with Gasteiger partial charge in [0.15, 0.2) is 0 Å². The number of hydrogen-bond acceptors (Lipinski definition) is 1. The van der Waals surface area contributed by atoms with Gasteiger partial charge in [0.2, 0.25) is 0 Å². The Bertz CT molecular complexity index is 521. The molecule has 1 N–H and O–H groups in total. The van der Waals surface area contributed by atoms with E-state index in [4.69, 9.17) is 0 Å². The Morgan fingerprint density at radius 1 is 1.14 bits per heavy atom. The van der Waals surface area contributed by atoms with Gasteiger partial charge in [-0.05, 0) is 85.5 Å². The van der Waals surface area contributed by atoms with Gasteiger partial charge in [-0.3, -0.25) is 0 Å². The molecule has 21 heavy (non-hydrogen) atoms. The molecule has 0 spiro atoms. The largest absolute Gasteiger partial charge is 0.392 e. The number of halogens is 2. The van der Waals surface area contributed by atoms with E-state index in [0.717, 1.165) is 41.5 Å². The highest BCUT2D eigenvalue weighted by molar-refractivity contribution is 9.10. The van der Waals surface area contributed by atoms with Crippen LogP contribution in [0.25, 0.3) is 0 Å². The molecule has 5 rings (SSSR count). The van der Waals surface area contributed by atoms with Crippen LogP contribution in [-0.4, -0.2) is 11.2 Å². The molecule has 1 aromatic carbocycles. The van der Waals surface area contributed by atoms with Crippen molar-refractivity contribution in [2.24, 2.45) is 23.2 Å². The summed E-state index contributed by atoms with van der Waals surface area (Å²) in [5, 5.41) is 10.9. The minimum atomic E-state index is -0.394. The summed E-state index contributed by atoms with van der Waals surface area (Å²) in [5.41, 5.74) is 0.719. The van der Waals surface area contributed by atoms with Gasteiger partial charge in [-0.15, -0.1) is 0 Å². The third-order valence-corrected chi connectivity index (χ3v) is 6.71. The zero-order valence-corrected chi connectivity index (χ0v) is 13.8. The van der Waals surface area contributed by atoms with Crippen LogP contribution in [0.4, 0.5) is 4.39 Å². The van der Waals surface area contributed by atoms with E-state index >= 15 is 0 Å². The van der Waals surface area contributed by atoms with Crippen LogP contribution in [0.15, 0.2) is 22.7 Å². The molecule has 114 valence electrons. The van der Waals surface area contributed by atoms with Crippen molar-refractivity contribution < 1.29 is 9.50 Å². The third-order valence-electron chi connectivity index (χ3n) is 6.21. The summed E-state index contributed by atoms with van der Waals surface area (Å²) in [5.74, 6) is 2.26. The maximum Gasteiger partial charge on any atom is 0.126 e. The maximum atomic E-state index is 14.0. The Morgan fingerprint density at radius 2 is 1.71 bits per heavy atom. The van der Waals surface area contributed by atoms with Crippen molar-refractivity contribution in [3.05, 3.63) is 34.1 Å². The van der Waals surface area contributed by atoms with Gasteiger partial charge in [-0.2, -0.15) is 0 Å². The molecule has 1 nitrogen and oxygen atoms in total. The predicted molar refractivity (Wildman–Crippen MR) is 84.4 cm³/mol. The van der Waals surface area contributed by atoms with E-state index in [1.165, 1.54) is 25.3 Å². The number of rotatable bonds is 3. The van der Waals surface area contributed by atoms with E-state index in [9.17, 15) is 9.50 Å². The normalized spacial score (nSPS) is 38.7. The van der Waals surface area contributed by atoms with Gasteiger partial charge in [-0.1, -0.05) is 15.9 Å². The van der Waals surface area contributed by atoms with Crippen LogP contribution in [-0.2, 0) is 6.42 Å². The van der Waals surface area contributed by atoms with Gasteiger partial charge in [0, 0.05) is 10.9 Å². The lowest BCUT2D eigenvalue weighted by Gasteiger charge is -2.58. The average Bonchev–Trinajstić information content (AvgIpc) is 2.41. The van der Waals surface area contributed by atoms with Gasteiger partial charge in [0.25, 0.3) is 0 Å². The van der Waals surface area contributed by atoms with E-state index < -0.39 is 6.10 Å². The lowest BCUT2D eigenvalue weighted by atomic mass is 9.48. The number of hydrogen-bond donors (Lipinski definition) is 1.